The Morgan fingerprint density at radius 2 is 1.91 bits per heavy atom. The highest BCUT2D eigenvalue weighted by molar-refractivity contribution is 7.59. The fourth-order valence-corrected chi connectivity index (χ4v) is 1.04. The fourth-order valence-electron chi connectivity index (χ4n) is 0.839. The molecule has 0 aliphatic rings. The molecule has 0 aliphatic carbocycles. The van der Waals surface area contributed by atoms with Gasteiger partial charge in [0.15, 0.2) is 0 Å². The van der Waals surface area contributed by atoms with Crippen molar-refractivity contribution >= 4 is 18.3 Å². The number of hydrogen-bond acceptors (Lipinski definition) is 2. The standard InChI is InChI=1S/C8H12N2S/c1-10(2)9-7-5-3-4-6-8(7)11/h3-6,9,11H,1-2H3. The second kappa shape index (κ2) is 3.55. The van der Waals surface area contributed by atoms with Crippen LogP contribution in [0.4, 0.5) is 5.69 Å². The van der Waals surface area contributed by atoms with Gasteiger partial charge in [-0.15, -0.1) is 4.90 Å². The van der Waals surface area contributed by atoms with Gasteiger partial charge in [-0.25, -0.2) is 10.4 Å². The molecule has 0 heterocycles. The van der Waals surface area contributed by atoms with Gasteiger partial charge in [-0.05, 0) is 6.07 Å². The Bertz CT molecular complexity index is 235. The van der Waals surface area contributed by atoms with E-state index in [0.29, 0.717) is 0 Å². The lowest BCUT2D eigenvalue weighted by Gasteiger charge is -2.16. The molecule has 1 aromatic carbocycles. The normalized spacial score (nSPS) is 10.1. The van der Waals surface area contributed by atoms with Gasteiger partial charge in [-0.2, -0.15) is 0 Å². The molecule has 0 atom stereocenters. The van der Waals surface area contributed by atoms with Crippen LogP contribution in [-0.4, -0.2) is 14.1 Å². The van der Waals surface area contributed by atoms with Crippen LogP contribution in [0, 0.1) is 0 Å². The van der Waals surface area contributed by atoms with Gasteiger partial charge in [-0.3, -0.25) is 0 Å². The van der Waals surface area contributed by atoms with E-state index in [4.69, 9.17) is 12.6 Å². The lowest BCUT2D eigenvalue weighted by atomic mass is 10.3. The number of nitrogens with one attached hydrogen (secondary N) is 2. The second-order valence-electron chi connectivity index (χ2n) is 2.62. The molecule has 0 bridgehead atoms. The third kappa shape index (κ3) is 2.37. The van der Waals surface area contributed by atoms with Gasteiger partial charge in [0.1, 0.15) is 0 Å². The zero-order valence-electron chi connectivity index (χ0n) is 6.72. The summed E-state index contributed by atoms with van der Waals surface area (Å²) in [6.07, 6.45) is 0. The molecule has 0 radical (unpaired) electrons. The maximum atomic E-state index is 5.09. The van der Waals surface area contributed by atoms with E-state index in [9.17, 15) is 0 Å². The van der Waals surface area contributed by atoms with E-state index in [1.165, 1.54) is 0 Å². The molecule has 2 N–H and O–H groups in total. The molecule has 0 fully saturated rings. The number of quaternary nitrogens is 1. The summed E-state index contributed by atoms with van der Waals surface area (Å²) in [6, 6.07) is 7.82. The lowest BCUT2D eigenvalue weighted by Crippen LogP contribution is -3.09. The van der Waals surface area contributed by atoms with Gasteiger partial charge in [0.25, 0.3) is 0 Å². The minimum Gasteiger partial charge on any atom is -0.778 e. The van der Waals surface area contributed by atoms with Crippen LogP contribution >= 0.6 is 0 Å². The first-order valence-electron chi connectivity index (χ1n) is 3.53. The topological polar surface area (TPSA) is 16.5 Å². The highest BCUT2D eigenvalue weighted by atomic mass is 32.1. The van der Waals surface area contributed by atoms with E-state index in [-0.39, 0.29) is 0 Å². The first-order valence-corrected chi connectivity index (χ1v) is 3.94. The Kier molecular flexibility index (Phi) is 2.68. The van der Waals surface area contributed by atoms with Crippen molar-refractivity contribution in [2.45, 2.75) is 4.90 Å². The van der Waals surface area contributed by atoms with E-state index in [0.717, 1.165) is 15.6 Å². The molecular weight excluding hydrogens is 156 g/mol. The summed E-state index contributed by atoms with van der Waals surface area (Å²) in [7, 11) is 4.03. The van der Waals surface area contributed by atoms with E-state index >= 15 is 0 Å². The number of hydrogen-bond donors (Lipinski definition) is 2. The van der Waals surface area contributed by atoms with Gasteiger partial charge >= 0.3 is 0 Å². The highest BCUT2D eigenvalue weighted by Crippen LogP contribution is 2.10. The van der Waals surface area contributed by atoms with Crippen molar-refractivity contribution < 1.29 is 5.01 Å². The van der Waals surface area contributed by atoms with Crippen LogP contribution in [0.15, 0.2) is 29.2 Å². The predicted molar refractivity (Wildman–Crippen MR) is 48.5 cm³/mol. The first-order chi connectivity index (χ1) is 5.20. The number of rotatable bonds is 2. The molecular formula is C8H12N2S. The Morgan fingerprint density at radius 3 is 2.45 bits per heavy atom. The van der Waals surface area contributed by atoms with Crippen molar-refractivity contribution in [3.8, 4) is 0 Å². The molecule has 0 aromatic heterocycles. The van der Waals surface area contributed by atoms with Crippen LogP contribution < -0.4 is 10.4 Å². The van der Waals surface area contributed by atoms with E-state index in [1.54, 1.807) is 0 Å². The smallest absolute Gasteiger partial charge is 0.0887 e. The average Bonchev–Trinajstić information content (AvgIpc) is 1.93. The summed E-state index contributed by atoms with van der Waals surface area (Å²) < 4.78 is 0. The molecule has 0 saturated carbocycles. The van der Waals surface area contributed by atoms with Crippen molar-refractivity contribution in [1.82, 2.24) is 0 Å². The maximum absolute atomic E-state index is 5.09. The molecule has 11 heavy (non-hydrogen) atoms. The van der Waals surface area contributed by atoms with Crippen LogP contribution in [0.25, 0.3) is 0 Å². The summed E-state index contributed by atoms with van der Waals surface area (Å²) in [5, 5.41) is 1.15. The molecule has 60 valence electrons. The summed E-state index contributed by atoms with van der Waals surface area (Å²) in [5.41, 5.74) is 4.20. The van der Waals surface area contributed by atoms with E-state index in [2.05, 4.69) is 5.43 Å². The molecule has 0 saturated heterocycles. The summed E-state index contributed by atoms with van der Waals surface area (Å²) in [4.78, 5) is 0.869. The zero-order chi connectivity index (χ0) is 8.27. The lowest BCUT2D eigenvalue weighted by molar-refractivity contribution is -0.834. The summed E-state index contributed by atoms with van der Waals surface area (Å²) in [5.74, 6) is 0. The Labute approximate surface area is 72.6 Å². The highest BCUT2D eigenvalue weighted by Gasteiger charge is 1.92. The van der Waals surface area contributed by atoms with Crippen molar-refractivity contribution in [2.75, 3.05) is 19.5 Å². The third-order valence-corrected chi connectivity index (χ3v) is 1.63. The van der Waals surface area contributed by atoms with Crippen LogP contribution in [-0.2, 0) is 12.6 Å². The second-order valence-corrected chi connectivity index (χ2v) is 3.06. The number of para-hydroxylation sites is 1. The Balaban J connectivity index is 2.78. The molecule has 0 spiro atoms. The zero-order valence-corrected chi connectivity index (χ0v) is 7.53. The van der Waals surface area contributed by atoms with Crippen molar-refractivity contribution in [1.29, 1.82) is 0 Å². The monoisotopic (exact) mass is 168 g/mol. The average molecular weight is 168 g/mol. The first kappa shape index (κ1) is 8.30. The minimum atomic E-state index is 0.869. The molecule has 0 aliphatic heterocycles. The van der Waals surface area contributed by atoms with Gasteiger partial charge in [0.2, 0.25) is 0 Å². The van der Waals surface area contributed by atoms with Crippen LogP contribution in [0.3, 0.4) is 0 Å². The van der Waals surface area contributed by atoms with Crippen LogP contribution in [0.2, 0.25) is 0 Å². The van der Waals surface area contributed by atoms with Crippen LogP contribution in [0.5, 0.6) is 0 Å². The van der Waals surface area contributed by atoms with Crippen molar-refractivity contribution in [2.24, 2.45) is 0 Å². The summed E-state index contributed by atoms with van der Waals surface area (Å²) in [6.45, 7) is 0. The number of benzene rings is 1. The Morgan fingerprint density at radius 1 is 1.27 bits per heavy atom. The molecule has 3 heteroatoms. The molecule has 1 aromatic rings. The minimum absolute atomic E-state index is 0.869. The van der Waals surface area contributed by atoms with Gasteiger partial charge in [0.05, 0.1) is 19.8 Å². The summed E-state index contributed by atoms with van der Waals surface area (Å²) >= 11 is 5.09. The molecule has 0 unspecified atom stereocenters. The van der Waals surface area contributed by atoms with Crippen LogP contribution in [0.1, 0.15) is 0 Å². The quantitative estimate of drug-likeness (QED) is 0.480. The van der Waals surface area contributed by atoms with Gasteiger partial charge < -0.3 is 12.6 Å². The predicted octanol–water partition coefficient (Wildman–Crippen LogP) is 0.0638. The fraction of sp³-hybridized carbons (Fsp3) is 0.250. The van der Waals surface area contributed by atoms with Crippen molar-refractivity contribution in [3.05, 3.63) is 24.3 Å². The largest absolute Gasteiger partial charge is 0.778 e. The number of anilines is 1. The maximum Gasteiger partial charge on any atom is 0.0887 e. The van der Waals surface area contributed by atoms with Gasteiger partial charge in [-0.1, -0.05) is 18.2 Å². The molecule has 2 nitrogen and oxygen atoms in total. The molecule has 1 rings (SSSR count). The SMILES string of the molecule is C[NH+](C)Nc1ccccc1[S-]. The Hall–Kier alpha value is -0.800. The van der Waals surface area contributed by atoms with E-state index < -0.39 is 0 Å². The van der Waals surface area contributed by atoms with Gasteiger partial charge in [0, 0.05) is 0 Å². The van der Waals surface area contributed by atoms with Crippen molar-refractivity contribution in [3.63, 3.8) is 0 Å². The third-order valence-electron chi connectivity index (χ3n) is 1.27. The molecule has 0 amide bonds. The van der Waals surface area contributed by atoms with E-state index in [1.807, 2.05) is 38.4 Å².